The number of benzene rings is 1. The van der Waals surface area contributed by atoms with Crippen LogP contribution in [0.25, 0.3) is 0 Å². The number of hydrogen-bond acceptors (Lipinski definition) is 4. The minimum atomic E-state index is -0.909. The molecule has 5 heteroatoms. The Labute approximate surface area is 120 Å². The lowest BCUT2D eigenvalue weighted by molar-refractivity contribution is -0.118. The standard InChI is InChI=1S/C15H24N2O3/c1-2-3-4-5-9-20-13-8-6-7-12(10-13)17-15(19)14(16)11-18/h6-8,10,14,18H,2-5,9,11,16H2,1H3,(H,17,19). The van der Waals surface area contributed by atoms with Crippen molar-refractivity contribution in [3.8, 4) is 5.75 Å². The average Bonchev–Trinajstić information content (AvgIpc) is 2.46. The second kappa shape index (κ2) is 9.34. The van der Waals surface area contributed by atoms with Gasteiger partial charge in [-0.1, -0.05) is 32.3 Å². The fraction of sp³-hybridized carbons (Fsp3) is 0.533. The molecule has 20 heavy (non-hydrogen) atoms. The molecule has 0 aliphatic carbocycles. The molecule has 1 aromatic rings. The topological polar surface area (TPSA) is 84.6 Å². The molecule has 0 aromatic heterocycles. The molecule has 1 amide bonds. The Balaban J connectivity index is 2.43. The number of unbranched alkanes of at least 4 members (excludes halogenated alkanes) is 3. The van der Waals surface area contributed by atoms with Gasteiger partial charge in [-0.2, -0.15) is 0 Å². The van der Waals surface area contributed by atoms with Crippen LogP contribution in [0.15, 0.2) is 24.3 Å². The summed E-state index contributed by atoms with van der Waals surface area (Å²) in [5, 5.41) is 11.5. The van der Waals surface area contributed by atoms with Crippen molar-refractivity contribution in [3.63, 3.8) is 0 Å². The molecule has 1 atom stereocenters. The number of carbonyl (C=O) groups excluding carboxylic acids is 1. The maximum atomic E-state index is 11.6. The zero-order chi connectivity index (χ0) is 14.8. The Morgan fingerprint density at radius 3 is 2.90 bits per heavy atom. The Morgan fingerprint density at radius 2 is 2.20 bits per heavy atom. The lowest BCUT2D eigenvalue weighted by Gasteiger charge is -2.11. The van der Waals surface area contributed by atoms with Crippen LogP contribution in [-0.4, -0.2) is 30.3 Å². The van der Waals surface area contributed by atoms with E-state index in [2.05, 4.69) is 12.2 Å². The zero-order valence-electron chi connectivity index (χ0n) is 12.0. The highest BCUT2D eigenvalue weighted by Crippen LogP contribution is 2.18. The second-order valence-corrected chi connectivity index (χ2v) is 4.72. The van der Waals surface area contributed by atoms with Crippen LogP contribution in [0.4, 0.5) is 5.69 Å². The van der Waals surface area contributed by atoms with E-state index in [1.807, 2.05) is 12.1 Å². The van der Waals surface area contributed by atoms with E-state index in [4.69, 9.17) is 15.6 Å². The first-order chi connectivity index (χ1) is 9.67. The second-order valence-electron chi connectivity index (χ2n) is 4.72. The van der Waals surface area contributed by atoms with Crippen LogP contribution in [0.5, 0.6) is 5.75 Å². The molecule has 0 aliphatic rings. The number of hydrogen-bond donors (Lipinski definition) is 3. The van der Waals surface area contributed by atoms with Crippen molar-refractivity contribution in [3.05, 3.63) is 24.3 Å². The van der Waals surface area contributed by atoms with Gasteiger partial charge in [-0.25, -0.2) is 0 Å². The first-order valence-electron chi connectivity index (χ1n) is 7.07. The van der Waals surface area contributed by atoms with Crippen molar-refractivity contribution in [2.24, 2.45) is 5.73 Å². The lowest BCUT2D eigenvalue weighted by Crippen LogP contribution is -2.38. The molecule has 1 aromatic carbocycles. The highest BCUT2D eigenvalue weighted by Gasteiger charge is 2.12. The fourth-order valence-electron chi connectivity index (χ4n) is 1.70. The van der Waals surface area contributed by atoms with E-state index in [1.54, 1.807) is 12.1 Å². The quantitative estimate of drug-likeness (QED) is 0.603. The zero-order valence-corrected chi connectivity index (χ0v) is 12.0. The number of rotatable bonds is 9. The number of anilines is 1. The summed E-state index contributed by atoms with van der Waals surface area (Å²) in [5.74, 6) is 0.310. The first-order valence-corrected chi connectivity index (χ1v) is 7.07. The van der Waals surface area contributed by atoms with Gasteiger partial charge >= 0.3 is 0 Å². The fourth-order valence-corrected chi connectivity index (χ4v) is 1.70. The van der Waals surface area contributed by atoms with Gasteiger partial charge in [0, 0.05) is 11.8 Å². The summed E-state index contributed by atoms with van der Waals surface area (Å²) in [6.07, 6.45) is 4.61. The molecule has 0 aliphatic heterocycles. The first kappa shape index (κ1) is 16.5. The molecule has 0 saturated carbocycles. The van der Waals surface area contributed by atoms with Crippen LogP contribution in [0, 0.1) is 0 Å². The Bertz CT molecular complexity index is 410. The van der Waals surface area contributed by atoms with Gasteiger partial charge in [0.15, 0.2) is 0 Å². The van der Waals surface area contributed by atoms with Crippen LogP contribution in [0.1, 0.15) is 32.6 Å². The molecule has 5 nitrogen and oxygen atoms in total. The molecule has 0 saturated heterocycles. The van der Waals surface area contributed by atoms with Crippen molar-refractivity contribution >= 4 is 11.6 Å². The minimum Gasteiger partial charge on any atom is -0.494 e. The van der Waals surface area contributed by atoms with Crippen molar-refractivity contribution < 1.29 is 14.6 Å². The van der Waals surface area contributed by atoms with E-state index in [-0.39, 0.29) is 6.61 Å². The third kappa shape index (κ3) is 6.04. The van der Waals surface area contributed by atoms with Crippen molar-refractivity contribution in [1.29, 1.82) is 0 Å². The Kier molecular flexibility index (Phi) is 7.69. The summed E-state index contributed by atoms with van der Waals surface area (Å²) in [5.41, 5.74) is 6.05. The van der Waals surface area contributed by atoms with Gasteiger partial charge < -0.3 is 20.9 Å². The third-order valence-corrected chi connectivity index (χ3v) is 2.90. The highest BCUT2D eigenvalue weighted by atomic mass is 16.5. The van der Waals surface area contributed by atoms with E-state index < -0.39 is 11.9 Å². The summed E-state index contributed by atoms with van der Waals surface area (Å²) in [6.45, 7) is 2.47. The van der Waals surface area contributed by atoms with E-state index in [9.17, 15) is 4.79 Å². The number of ether oxygens (including phenoxy) is 1. The van der Waals surface area contributed by atoms with Crippen molar-refractivity contribution in [2.75, 3.05) is 18.5 Å². The van der Waals surface area contributed by atoms with Crippen LogP contribution in [-0.2, 0) is 4.79 Å². The molecule has 112 valence electrons. The maximum absolute atomic E-state index is 11.6. The van der Waals surface area contributed by atoms with E-state index in [1.165, 1.54) is 12.8 Å². The normalized spacial score (nSPS) is 11.9. The predicted molar refractivity (Wildman–Crippen MR) is 79.8 cm³/mol. The molecular formula is C15H24N2O3. The van der Waals surface area contributed by atoms with Crippen LogP contribution < -0.4 is 15.8 Å². The summed E-state index contributed by atoms with van der Waals surface area (Å²) in [4.78, 5) is 11.6. The number of aliphatic hydroxyl groups excluding tert-OH is 1. The third-order valence-electron chi connectivity index (χ3n) is 2.90. The smallest absolute Gasteiger partial charge is 0.243 e. The van der Waals surface area contributed by atoms with Crippen molar-refractivity contribution in [2.45, 2.75) is 38.6 Å². The predicted octanol–water partition coefficient (Wildman–Crippen LogP) is 1.90. The van der Waals surface area contributed by atoms with Gasteiger partial charge in [-0.05, 0) is 18.6 Å². The van der Waals surface area contributed by atoms with Crippen LogP contribution >= 0.6 is 0 Å². The summed E-state index contributed by atoms with van der Waals surface area (Å²) >= 11 is 0. The molecule has 0 bridgehead atoms. The lowest BCUT2D eigenvalue weighted by atomic mass is 10.2. The molecular weight excluding hydrogens is 256 g/mol. The van der Waals surface area contributed by atoms with Crippen molar-refractivity contribution in [1.82, 2.24) is 0 Å². The molecule has 0 fully saturated rings. The molecule has 0 radical (unpaired) electrons. The van der Waals surface area contributed by atoms with Gasteiger partial charge in [0.2, 0.25) is 5.91 Å². The highest BCUT2D eigenvalue weighted by molar-refractivity contribution is 5.94. The summed E-state index contributed by atoms with van der Waals surface area (Å²) in [6, 6.07) is 6.25. The Hall–Kier alpha value is -1.59. The molecule has 1 rings (SSSR count). The monoisotopic (exact) mass is 280 g/mol. The number of nitrogens with two attached hydrogens (primary N) is 1. The number of carbonyl (C=O) groups is 1. The summed E-state index contributed by atoms with van der Waals surface area (Å²) < 4.78 is 5.63. The molecule has 4 N–H and O–H groups in total. The summed E-state index contributed by atoms with van der Waals surface area (Å²) in [7, 11) is 0. The maximum Gasteiger partial charge on any atom is 0.243 e. The SMILES string of the molecule is CCCCCCOc1cccc(NC(=O)C(N)CO)c1. The number of nitrogens with one attached hydrogen (secondary N) is 1. The largest absolute Gasteiger partial charge is 0.494 e. The number of aliphatic hydroxyl groups is 1. The average molecular weight is 280 g/mol. The minimum absolute atomic E-state index is 0.376. The van der Waals surface area contributed by atoms with Gasteiger partial charge in [0.05, 0.1) is 13.2 Å². The molecule has 0 heterocycles. The molecule has 1 unspecified atom stereocenters. The van der Waals surface area contributed by atoms with Gasteiger partial charge in [-0.15, -0.1) is 0 Å². The van der Waals surface area contributed by atoms with Crippen LogP contribution in [0.2, 0.25) is 0 Å². The van der Waals surface area contributed by atoms with Gasteiger partial charge in [0.1, 0.15) is 11.8 Å². The number of amides is 1. The van der Waals surface area contributed by atoms with E-state index in [0.717, 1.165) is 18.6 Å². The van der Waals surface area contributed by atoms with Gasteiger partial charge in [-0.3, -0.25) is 4.79 Å². The van der Waals surface area contributed by atoms with E-state index >= 15 is 0 Å². The van der Waals surface area contributed by atoms with Gasteiger partial charge in [0.25, 0.3) is 0 Å². The Morgan fingerprint density at radius 1 is 1.40 bits per heavy atom. The molecule has 0 spiro atoms. The van der Waals surface area contributed by atoms with E-state index in [0.29, 0.717) is 12.3 Å². The van der Waals surface area contributed by atoms with Crippen LogP contribution in [0.3, 0.4) is 0 Å².